The number of rotatable bonds is 4. The average molecular weight is 355 g/mol. The van der Waals surface area contributed by atoms with Gasteiger partial charge < -0.3 is 9.47 Å². The topological polar surface area (TPSA) is 56.0 Å². The van der Waals surface area contributed by atoms with Gasteiger partial charge in [0.2, 0.25) is 5.91 Å². The van der Waals surface area contributed by atoms with E-state index in [1.807, 2.05) is 10.8 Å². The van der Waals surface area contributed by atoms with Gasteiger partial charge in [-0.15, -0.1) is 0 Å². The fourth-order valence-electron chi connectivity index (χ4n) is 2.77. The van der Waals surface area contributed by atoms with Gasteiger partial charge in [0, 0.05) is 25.5 Å². The van der Waals surface area contributed by atoms with Crippen molar-refractivity contribution in [1.29, 1.82) is 0 Å². The van der Waals surface area contributed by atoms with Crippen LogP contribution in [0.15, 0.2) is 18.5 Å². The zero-order valence-electron chi connectivity index (χ0n) is 14.1. The zero-order chi connectivity index (χ0) is 18.2. The SMILES string of the molecule is CCC(C)c1cn2c(n1)CN(C(=O)Cn1ccc(C(F)(F)F)n1)CC2. The van der Waals surface area contributed by atoms with Crippen molar-refractivity contribution in [3.05, 3.63) is 35.7 Å². The number of aromatic nitrogens is 4. The molecule has 0 aliphatic carbocycles. The van der Waals surface area contributed by atoms with Gasteiger partial charge in [-0.05, 0) is 18.4 Å². The third kappa shape index (κ3) is 3.69. The molecule has 6 nitrogen and oxygen atoms in total. The molecule has 2 aromatic heterocycles. The van der Waals surface area contributed by atoms with Crippen LogP contribution in [0, 0.1) is 0 Å². The molecule has 3 heterocycles. The van der Waals surface area contributed by atoms with Crippen LogP contribution in [0.3, 0.4) is 0 Å². The van der Waals surface area contributed by atoms with Crippen LogP contribution in [0.1, 0.15) is 43.4 Å². The summed E-state index contributed by atoms with van der Waals surface area (Å²) in [5.74, 6) is 0.898. The van der Waals surface area contributed by atoms with Crippen LogP contribution in [0.5, 0.6) is 0 Å². The molecule has 0 fully saturated rings. The molecule has 3 rings (SSSR count). The Bertz CT molecular complexity index is 764. The Morgan fingerprint density at radius 1 is 1.36 bits per heavy atom. The summed E-state index contributed by atoms with van der Waals surface area (Å²) in [5, 5.41) is 3.42. The second-order valence-corrected chi connectivity index (χ2v) is 6.30. The second kappa shape index (κ2) is 6.53. The number of nitrogens with zero attached hydrogens (tertiary/aromatic N) is 5. The standard InChI is InChI=1S/C16H20F3N5O/c1-3-11(2)12-8-22-6-7-23(9-14(22)20-12)15(25)10-24-5-4-13(21-24)16(17,18)19/h4-5,8,11H,3,6-7,9-10H2,1-2H3. The molecule has 1 aliphatic heterocycles. The van der Waals surface area contributed by atoms with E-state index in [9.17, 15) is 18.0 Å². The van der Waals surface area contributed by atoms with Gasteiger partial charge in [0.25, 0.3) is 0 Å². The van der Waals surface area contributed by atoms with Crippen LogP contribution in [0.25, 0.3) is 0 Å². The Balaban J connectivity index is 1.66. The van der Waals surface area contributed by atoms with Gasteiger partial charge in [-0.2, -0.15) is 18.3 Å². The minimum absolute atomic E-state index is 0.213. The van der Waals surface area contributed by atoms with Gasteiger partial charge in [-0.25, -0.2) is 4.98 Å². The summed E-state index contributed by atoms with van der Waals surface area (Å²) in [6.07, 6.45) is -0.322. The Morgan fingerprint density at radius 2 is 2.12 bits per heavy atom. The highest BCUT2D eigenvalue weighted by Gasteiger charge is 2.34. The molecule has 25 heavy (non-hydrogen) atoms. The van der Waals surface area contributed by atoms with E-state index in [0.29, 0.717) is 25.6 Å². The van der Waals surface area contributed by atoms with Gasteiger partial charge in [0.15, 0.2) is 5.69 Å². The fourth-order valence-corrected chi connectivity index (χ4v) is 2.77. The minimum Gasteiger partial charge on any atom is -0.332 e. The van der Waals surface area contributed by atoms with Crippen molar-refractivity contribution in [2.45, 2.75) is 52.0 Å². The van der Waals surface area contributed by atoms with Gasteiger partial charge in [-0.1, -0.05) is 13.8 Å². The van der Waals surface area contributed by atoms with Crippen molar-refractivity contribution in [1.82, 2.24) is 24.2 Å². The summed E-state index contributed by atoms with van der Waals surface area (Å²) in [7, 11) is 0. The fraction of sp³-hybridized carbons (Fsp3) is 0.562. The van der Waals surface area contributed by atoms with Crippen molar-refractivity contribution in [3.8, 4) is 0 Å². The quantitative estimate of drug-likeness (QED) is 0.847. The lowest BCUT2D eigenvalue weighted by atomic mass is 10.1. The molecule has 136 valence electrons. The van der Waals surface area contributed by atoms with E-state index >= 15 is 0 Å². The lowest BCUT2D eigenvalue weighted by Crippen LogP contribution is -2.40. The molecule has 1 atom stereocenters. The van der Waals surface area contributed by atoms with Crippen molar-refractivity contribution in [2.24, 2.45) is 0 Å². The molecule has 1 aliphatic rings. The van der Waals surface area contributed by atoms with Gasteiger partial charge in [0.1, 0.15) is 12.4 Å². The predicted molar refractivity (Wildman–Crippen MR) is 83.6 cm³/mol. The third-order valence-electron chi connectivity index (χ3n) is 4.52. The second-order valence-electron chi connectivity index (χ2n) is 6.30. The molecule has 0 saturated heterocycles. The summed E-state index contributed by atoms with van der Waals surface area (Å²) in [4.78, 5) is 18.6. The molecule has 0 saturated carbocycles. The Labute approximate surface area is 143 Å². The number of amides is 1. The van der Waals surface area contributed by atoms with Crippen molar-refractivity contribution in [3.63, 3.8) is 0 Å². The average Bonchev–Trinajstić information content (AvgIpc) is 3.19. The number of imidazole rings is 1. The first-order valence-electron chi connectivity index (χ1n) is 8.22. The summed E-state index contributed by atoms with van der Waals surface area (Å²) in [6.45, 7) is 5.50. The summed E-state index contributed by atoms with van der Waals surface area (Å²) in [5.41, 5.74) is 0.0152. The number of hydrogen-bond donors (Lipinski definition) is 0. The van der Waals surface area contributed by atoms with Crippen molar-refractivity contribution in [2.75, 3.05) is 6.54 Å². The molecule has 9 heteroatoms. The van der Waals surface area contributed by atoms with Crippen LogP contribution >= 0.6 is 0 Å². The monoisotopic (exact) mass is 355 g/mol. The maximum absolute atomic E-state index is 12.6. The number of alkyl halides is 3. The third-order valence-corrected chi connectivity index (χ3v) is 4.52. The lowest BCUT2D eigenvalue weighted by molar-refractivity contribution is -0.142. The van der Waals surface area contributed by atoms with Crippen LogP contribution in [0.2, 0.25) is 0 Å². The molecule has 0 spiro atoms. The van der Waals surface area contributed by atoms with Gasteiger partial charge in [0.05, 0.1) is 12.2 Å². The molecular formula is C16H20F3N5O. The van der Waals surface area contributed by atoms with E-state index < -0.39 is 11.9 Å². The van der Waals surface area contributed by atoms with Gasteiger partial charge >= 0.3 is 6.18 Å². The van der Waals surface area contributed by atoms with E-state index in [1.54, 1.807) is 4.90 Å². The molecular weight excluding hydrogens is 335 g/mol. The molecule has 1 unspecified atom stereocenters. The number of carbonyl (C=O) groups is 1. The first-order chi connectivity index (χ1) is 11.8. The predicted octanol–water partition coefficient (Wildman–Crippen LogP) is 2.65. The first kappa shape index (κ1) is 17.5. The van der Waals surface area contributed by atoms with Crippen molar-refractivity contribution >= 4 is 5.91 Å². The summed E-state index contributed by atoms with van der Waals surface area (Å²) < 4.78 is 40.8. The van der Waals surface area contributed by atoms with Crippen molar-refractivity contribution < 1.29 is 18.0 Å². The van der Waals surface area contributed by atoms with Crippen LogP contribution in [0.4, 0.5) is 13.2 Å². The highest BCUT2D eigenvalue weighted by molar-refractivity contribution is 5.75. The van der Waals surface area contributed by atoms with Crippen LogP contribution in [-0.2, 0) is 30.6 Å². The maximum Gasteiger partial charge on any atom is 0.435 e. The van der Waals surface area contributed by atoms with E-state index in [0.717, 1.165) is 28.7 Å². The van der Waals surface area contributed by atoms with Crippen LogP contribution in [-0.4, -0.2) is 36.7 Å². The molecule has 1 amide bonds. The molecule has 0 bridgehead atoms. The smallest absolute Gasteiger partial charge is 0.332 e. The summed E-state index contributed by atoms with van der Waals surface area (Å²) >= 11 is 0. The number of hydrogen-bond acceptors (Lipinski definition) is 3. The Kier molecular flexibility index (Phi) is 4.57. The number of fused-ring (bicyclic) bond motifs is 1. The summed E-state index contributed by atoms with van der Waals surface area (Å²) in [6, 6.07) is 0.870. The Morgan fingerprint density at radius 3 is 2.76 bits per heavy atom. The Hall–Kier alpha value is -2.32. The maximum atomic E-state index is 12.6. The zero-order valence-corrected chi connectivity index (χ0v) is 14.1. The molecule has 0 N–H and O–H groups in total. The number of carbonyl (C=O) groups excluding carboxylic acids is 1. The van der Waals surface area contributed by atoms with Crippen LogP contribution < -0.4 is 0 Å². The van der Waals surface area contributed by atoms with E-state index in [2.05, 4.69) is 23.9 Å². The number of halogens is 3. The van der Waals surface area contributed by atoms with E-state index in [1.165, 1.54) is 6.20 Å². The first-order valence-corrected chi connectivity index (χ1v) is 8.22. The highest BCUT2D eigenvalue weighted by Crippen LogP contribution is 2.27. The largest absolute Gasteiger partial charge is 0.435 e. The molecule has 0 radical (unpaired) electrons. The van der Waals surface area contributed by atoms with E-state index in [4.69, 9.17) is 0 Å². The molecule has 2 aromatic rings. The highest BCUT2D eigenvalue weighted by atomic mass is 19.4. The van der Waals surface area contributed by atoms with E-state index in [-0.39, 0.29) is 12.5 Å². The normalized spacial score (nSPS) is 16.0. The lowest BCUT2D eigenvalue weighted by Gasteiger charge is -2.27. The molecule has 0 aromatic carbocycles. The minimum atomic E-state index is -4.50. The van der Waals surface area contributed by atoms with Gasteiger partial charge in [-0.3, -0.25) is 9.48 Å².